The van der Waals surface area contributed by atoms with E-state index in [1.165, 1.54) is 64.2 Å². The second kappa shape index (κ2) is 7.08. The SMILES string of the molecule is CCC[C@H]1CC[C@@](OC)([C@H]2CC[C@H](OC)CC2)CC1. The molecule has 0 unspecified atom stereocenters. The van der Waals surface area contributed by atoms with Crippen LogP contribution in [0, 0.1) is 11.8 Å². The lowest BCUT2D eigenvalue weighted by Gasteiger charge is -2.47. The Balaban J connectivity index is 1.89. The van der Waals surface area contributed by atoms with Gasteiger partial charge in [0, 0.05) is 14.2 Å². The van der Waals surface area contributed by atoms with Crippen molar-refractivity contribution in [2.24, 2.45) is 11.8 Å². The number of hydrogen-bond donors (Lipinski definition) is 0. The third-order valence-electron chi connectivity index (χ3n) is 5.81. The predicted octanol–water partition coefficient (Wildman–Crippen LogP) is 4.57. The largest absolute Gasteiger partial charge is 0.381 e. The molecule has 0 aromatic carbocycles. The van der Waals surface area contributed by atoms with Crippen LogP contribution in [-0.4, -0.2) is 25.9 Å². The minimum absolute atomic E-state index is 0.197. The summed E-state index contributed by atoms with van der Waals surface area (Å²) in [7, 11) is 3.80. The van der Waals surface area contributed by atoms with Crippen LogP contribution < -0.4 is 0 Å². The molecule has 2 saturated carbocycles. The molecule has 2 nitrogen and oxygen atoms in total. The average molecular weight is 268 g/mol. The molecule has 2 heteroatoms. The van der Waals surface area contributed by atoms with E-state index in [1.807, 2.05) is 14.2 Å². The molecule has 0 aliphatic heterocycles. The van der Waals surface area contributed by atoms with Crippen LogP contribution >= 0.6 is 0 Å². The fraction of sp³-hybridized carbons (Fsp3) is 1.00. The lowest BCUT2D eigenvalue weighted by Crippen LogP contribution is -2.45. The van der Waals surface area contributed by atoms with E-state index in [0.717, 1.165) is 11.8 Å². The van der Waals surface area contributed by atoms with Gasteiger partial charge in [0.25, 0.3) is 0 Å². The highest BCUT2D eigenvalue weighted by Crippen LogP contribution is 2.46. The molecule has 0 bridgehead atoms. The normalized spacial score (nSPS) is 40.3. The van der Waals surface area contributed by atoms with Crippen LogP contribution in [0.3, 0.4) is 0 Å². The second-order valence-corrected chi connectivity index (χ2v) is 6.71. The Morgan fingerprint density at radius 1 is 0.947 bits per heavy atom. The van der Waals surface area contributed by atoms with E-state index in [-0.39, 0.29) is 5.60 Å². The maximum atomic E-state index is 6.07. The summed E-state index contributed by atoms with van der Waals surface area (Å²) in [5.74, 6) is 1.73. The van der Waals surface area contributed by atoms with E-state index >= 15 is 0 Å². The summed E-state index contributed by atoms with van der Waals surface area (Å²) in [6, 6.07) is 0. The van der Waals surface area contributed by atoms with Gasteiger partial charge in [-0.15, -0.1) is 0 Å². The van der Waals surface area contributed by atoms with Gasteiger partial charge in [-0.05, 0) is 63.2 Å². The minimum atomic E-state index is 0.197. The van der Waals surface area contributed by atoms with Crippen LogP contribution in [0.5, 0.6) is 0 Å². The van der Waals surface area contributed by atoms with Crippen molar-refractivity contribution in [2.45, 2.75) is 82.8 Å². The molecule has 0 N–H and O–H groups in total. The van der Waals surface area contributed by atoms with Gasteiger partial charge in [-0.25, -0.2) is 0 Å². The zero-order valence-corrected chi connectivity index (χ0v) is 13.1. The molecule has 2 rings (SSSR count). The van der Waals surface area contributed by atoms with Gasteiger partial charge >= 0.3 is 0 Å². The molecule has 0 amide bonds. The topological polar surface area (TPSA) is 18.5 Å². The van der Waals surface area contributed by atoms with Gasteiger partial charge in [0.1, 0.15) is 0 Å². The fourth-order valence-corrected chi connectivity index (χ4v) is 4.47. The molecule has 0 heterocycles. The highest BCUT2D eigenvalue weighted by atomic mass is 16.5. The summed E-state index contributed by atoms with van der Waals surface area (Å²) in [5, 5.41) is 0. The monoisotopic (exact) mass is 268 g/mol. The van der Waals surface area contributed by atoms with Crippen LogP contribution in [0.25, 0.3) is 0 Å². The van der Waals surface area contributed by atoms with E-state index in [2.05, 4.69) is 6.92 Å². The lowest BCUT2D eigenvalue weighted by atomic mass is 9.66. The molecule has 0 atom stereocenters. The van der Waals surface area contributed by atoms with Crippen molar-refractivity contribution in [3.8, 4) is 0 Å². The van der Waals surface area contributed by atoms with Crippen molar-refractivity contribution < 1.29 is 9.47 Å². The van der Waals surface area contributed by atoms with E-state index in [1.54, 1.807) is 0 Å². The Morgan fingerprint density at radius 2 is 1.58 bits per heavy atom. The Morgan fingerprint density at radius 3 is 2.05 bits per heavy atom. The summed E-state index contributed by atoms with van der Waals surface area (Å²) in [6.07, 6.45) is 13.6. The van der Waals surface area contributed by atoms with Crippen LogP contribution in [-0.2, 0) is 9.47 Å². The molecular formula is C17H32O2. The van der Waals surface area contributed by atoms with Crippen LogP contribution in [0.4, 0.5) is 0 Å². The van der Waals surface area contributed by atoms with E-state index in [9.17, 15) is 0 Å². The van der Waals surface area contributed by atoms with Gasteiger partial charge in [-0.3, -0.25) is 0 Å². The van der Waals surface area contributed by atoms with Crippen molar-refractivity contribution in [2.75, 3.05) is 14.2 Å². The van der Waals surface area contributed by atoms with Crippen molar-refractivity contribution in [1.82, 2.24) is 0 Å². The van der Waals surface area contributed by atoms with Gasteiger partial charge in [-0.2, -0.15) is 0 Å². The predicted molar refractivity (Wildman–Crippen MR) is 79.4 cm³/mol. The van der Waals surface area contributed by atoms with Gasteiger partial charge in [0.05, 0.1) is 11.7 Å². The Bertz CT molecular complexity index is 248. The maximum Gasteiger partial charge on any atom is 0.0707 e. The van der Waals surface area contributed by atoms with Crippen molar-refractivity contribution in [1.29, 1.82) is 0 Å². The highest BCUT2D eigenvalue weighted by Gasteiger charge is 2.43. The maximum absolute atomic E-state index is 6.07. The molecule has 0 aromatic heterocycles. The molecular weight excluding hydrogens is 236 g/mol. The summed E-state index contributed by atoms with van der Waals surface area (Å²) in [5.41, 5.74) is 0.197. The molecule has 2 aliphatic carbocycles. The van der Waals surface area contributed by atoms with E-state index in [4.69, 9.17) is 9.47 Å². The molecule has 0 aromatic rings. The molecule has 0 saturated heterocycles. The summed E-state index contributed by atoms with van der Waals surface area (Å²) >= 11 is 0. The first-order chi connectivity index (χ1) is 9.24. The molecule has 0 radical (unpaired) electrons. The smallest absolute Gasteiger partial charge is 0.0707 e. The van der Waals surface area contributed by atoms with Gasteiger partial charge in [-0.1, -0.05) is 19.8 Å². The van der Waals surface area contributed by atoms with E-state index < -0.39 is 0 Å². The standard InChI is InChI=1S/C17H32O2/c1-4-5-14-10-12-17(19-3,13-11-14)15-6-8-16(18-2)9-7-15/h14-16H,4-13H2,1-3H3/t14-,15-,16-,17-. The molecule has 0 spiro atoms. The van der Waals surface area contributed by atoms with Crippen LogP contribution in [0.1, 0.15) is 71.1 Å². The molecule has 112 valence electrons. The van der Waals surface area contributed by atoms with Crippen molar-refractivity contribution >= 4 is 0 Å². The van der Waals surface area contributed by atoms with Crippen molar-refractivity contribution in [3.05, 3.63) is 0 Å². The first kappa shape index (κ1) is 15.3. The molecule has 2 fully saturated rings. The average Bonchev–Trinajstić information content (AvgIpc) is 2.49. The number of rotatable bonds is 5. The number of ether oxygens (including phenoxy) is 2. The highest BCUT2D eigenvalue weighted by molar-refractivity contribution is 4.94. The zero-order chi connectivity index (χ0) is 13.7. The summed E-state index contributed by atoms with van der Waals surface area (Å²) in [6.45, 7) is 2.31. The summed E-state index contributed by atoms with van der Waals surface area (Å²) < 4.78 is 11.6. The quantitative estimate of drug-likeness (QED) is 0.727. The third kappa shape index (κ3) is 3.52. The van der Waals surface area contributed by atoms with Crippen molar-refractivity contribution in [3.63, 3.8) is 0 Å². The minimum Gasteiger partial charge on any atom is -0.381 e. The number of hydrogen-bond acceptors (Lipinski definition) is 2. The van der Waals surface area contributed by atoms with Gasteiger partial charge in [0.2, 0.25) is 0 Å². The van der Waals surface area contributed by atoms with E-state index in [0.29, 0.717) is 6.10 Å². The van der Waals surface area contributed by atoms with Crippen LogP contribution in [0.15, 0.2) is 0 Å². The third-order valence-corrected chi connectivity index (χ3v) is 5.81. The number of methoxy groups -OCH3 is 2. The zero-order valence-electron chi connectivity index (χ0n) is 13.1. The second-order valence-electron chi connectivity index (χ2n) is 6.71. The van der Waals surface area contributed by atoms with Gasteiger partial charge < -0.3 is 9.47 Å². The Hall–Kier alpha value is -0.0800. The lowest BCUT2D eigenvalue weighted by molar-refractivity contribution is -0.111. The Kier molecular flexibility index (Phi) is 5.70. The van der Waals surface area contributed by atoms with Crippen LogP contribution in [0.2, 0.25) is 0 Å². The van der Waals surface area contributed by atoms with Gasteiger partial charge in [0.15, 0.2) is 0 Å². The Labute approximate surface area is 119 Å². The molecule has 19 heavy (non-hydrogen) atoms. The molecule has 2 aliphatic rings. The summed E-state index contributed by atoms with van der Waals surface area (Å²) in [4.78, 5) is 0. The fourth-order valence-electron chi connectivity index (χ4n) is 4.47. The first-order valence-corrected chi connectivity index (χ1v) is 8.32. The first-order valence-electron chi connectivity index (χ1n) is 8.32.